The maximum absolute atomic E-state index is 12.9. The molecule has 0 fully saturated rings. The van der Waals surface area contributed by atoms with Gasteiger partial charge < -0.3 is 0 Å². The second-order valence-electron chi connectivity index (χ2n) is 1.95. The summed E-state index contributed by atoms with van der Waals surface area (Å²) in [5.41, 5.74) is 0. The van der Waals surface area contributed by atoms with Gasteiger partial charge in [-0.2, -0.15) is 0 Å². The highest BCUT2D eigenvalue weighted by atomic mass is 32.3. The van der Waals surface area contributed by atoms with Crippen LogP contribution in [0.1, 0.15) is 0 Å². The summed E-state index contributed by atoms with van der Waals surface area (Å²) in [5.74, 6) is 0. The Kier molecular flexibility index (Phi) is 2.24. The lowest BCUT2D eigenvalue weighted by Crippen LogP contribution is -1.89. The maximum Gasteiger partial charge on any atom is 0.230 e. The van der Waals surface area contributed by atoms with E-state index in [1.165, 1.54) is 19.2 Å². The first-order valence-corrected chi connectivity index (χ1v) is 4.48. The lowest BCUT2D eigenvalue weighted by molar-refractivity contribution is 0.638. The van der Waals surface area contributed by atoms with Crippen LogP contribution in [0.25, 0.3) is 0 Å². The van der Waals surface area contributed by atoms with E-state index < -0.39 is 10.1 Å². The molecule has 0 aliphatic rings. The first-order valence-electron chi connectivity index (χ1n) is 3.07. The summed E-state index contributed by atoms with van der Waals surface area (Å²) in [7, 11) is -2.42. The van der Waals surface area contributed by atoms with Crippen molar-refractivity contribution in [2.45, 2.75) is 4.90 Å². The normalized spacial score (nSPS) is 15.5. The summed E-state index contributed by atoms with van der Waals surface area (Å²) >= 11 is 0. The second kappa shape index (κ2) is 3.00. The molecule has 0 aliphatic heterocycles. The molecule has 0 spiro atoms. The smallest absolute Gasteiger partial charge is 0.211 e. The van der Waals surface area contributed by atoms with Gasteiger partial charge in [-0.1, -0.05) is 18.2 Å². The van der Waals surface area contributed by atoms with Crippen molar-refractivity contribution < 1.29 is 8.09 Å². The van der Waals surface area contributed by atoms with E-state index >= 15 is 0 Å². The molecule has 0 heterocycles. The third kappa shape index (κ3) is 1.77. The van der Waals surface area contributed by atoms with Gasteiger partial charge in [-0.15, -0.1) is 3.89 Å². The van der Waals surface area contributed by atoms with Crippen LogP contribution in [-0.4, -0.2) is 11.3 Å². The Morgan fingerprint density at radius 2 is 1.91 bits per heavy atom. The van der Waals surface area contributed by atoms with Gasteiger partial charge in [0.2, 0.25) is 10.1 Å². The van der Waals surface area contributed by atoms with Crippen LogP contribution in [0.4, 0.5) is 3.89 Å². The van der Waals surface area contributed by atoms with Crippen molar-refractivity contribution in [1.82, 2.24) is 0 Å². The van der Waals surface area contributed by atoms with Gasteiger partial charge in [0.25, 0.3) is 0 Å². The van der Waals surface area contributed by atoms with Crippen molar-refractivity contribution >= 4 is 10.1 Å². The Hall–Kier alpha value is -0.900. The first-order chi connectivity index (χ1) is 5.17. The number of hydrogen-bond donors (Lipinski definition) is 0. The molecule has 0 aromatic heterocycles. The number of hydrogen-bond acceptors (Lipinski definition) is 2. The zero-order valence-corrected chi connectivity index (χ0v) is 6.84. The highest BCUT2D eigenvalue weighted by molar-refractivity contribution is 7.88. The minimum Gasteiger partial charge on any atom is -0.211 e. The Balaban J connectivity index is 3.25. The third-order valence-corrected chi connectivity index (χ3v) is 2.59. The van der Waals surface area contributed by atoms with Crippen LogP contribution in [0.2, 0.25) is 0 Å². The highest BCUT2D eigenvalue weighted by Gasteiger charge is 2.06. The van der Waals surface area contributed by atoms with Crippen molar-refractivity contribution in [2.24, 2.45) is 4.36 Å². The topological polar surface area (TPSA) is 29.4 Å². The van der Waals surface area contributed by atoms with Crippen LogP contribution in [0, 0.1) is 0 Å². The summed E-state index contributed by atoms with van der Waals surface area (Å²) in [4.78, 5) is 0.127. The minimum absolute atomic E-state index is 0.127. The van der Waals surface area contributed by atoms with Crippen LogP contribution in [0.5, 0.6) is 0 Å². The predicted octanol–water partition coefficient (Wildman–Crippen LogP) is 2.03. The third-order valence-electron chi connectivity index (χ3n) is 1.27. The van der Waals surface area contributed by atoms with E-state index in [9.17, 15) is 8.09 Å². The quantitative estimate of drug-likeness (QED) is 0.597. The number of halogens is 1. The first kappa shape index (κ1) is 8.20. The van der Waals surface area contributed by atoms with Crippen LogP contribution >= 0.6 is 0 Å². The second-order valence-corrected chi connectivity index (χ2v) is 3.71. The molecular weight excluding hydrogens is 165 g/mol. The molecule has 60 valence electrons. The largest absolute Gasteiger partial charge is 0.230 e. The molecule has 0 saturated heterocycles. The van der Waals surface area contributed by atoms with Gasteiger partial charge in [-0.25, -0.2) is 8.57 Å². The highest BCUT2D eigenvalue weighted by Crippen LogP contribution is 2.12. The van der Waals surface area contributed by atoms with Gasteiger partial charge in [0.1, 0.15) is 0 Å². The molecule has 1 aromatic carbocycles. The maximum atomic E-state index is 12.9. The van der Waals surface area contributed by atoms with Gasteiger partial charge in [-0.05, 0) is 12.1 Å². The zero-order chi connectivity index (χ0) is 8.32. The lowest BCUT2D eigenvalue weighted by atomic mass is 10.4. The van der Waals surface area contributed by atoms with E-state index in [0.29, 0.717) is 0 Å². The van der Waals surface area contributed by atoms with Gasteiger partial charge in [0.05, 0.1) is 4.90 Å². The fourth-order valence-corrected chi connectivity index (χ4v) is 1.40. The Bertz CT molecular complexity index is 341. The monoisotopic (exact) mass is 173 g/mol. The molecule has 0 aliphatic carbocycles. The summed E-state index contributed by atoms with van der Waals surface area (Å²) in [6.07, 6.45) is 0. The van der Waals surface area contributed by atoms with Crippen molar-refractivity contribution in [3.8, 4) is 0 Å². The van der Waals surface area contributed by atoms with Crippen LogP contribution in [-0.2, 0) is 10.1 Å². The van der Waals surface area contributed by atoms with E-state index in [1.807, 2.05) is 0 Å². The average molecular weight is 173 g/mol. The summed E-state index contributed by atoms with van der Waals surface area (Å²) < 4.78 is 27.0. The van der Waals surface area contributed by atoms with Crippen molar-refractivity contribution in [3.05, 3.63) is 30.3 Å². The van der Waals surface area contributed by atoms with Crippen LogP contribution < -0.4 is 0 Å². The summed E-state index contributed by atoms with van der Waals surface area (Å²) in [6.45, 7) is 0. The summed E-state index contributed by atoms with van der Waals surface area (Å²) in [5, 5.41) is 0. The molecule has 1 aromatic rings. The Morgan fingerprint density at radius 1 is 1.36 bits per heavy atom. The van der Waals surface area contributed by atoms with Crippen LogP contribution in [0.3, 0.4) is 0 Å². The van der Waals surface area contributed by atoms with Gasteiger partial charge in [0, 0.05) is 7.05 Å². The fraction of sp³-hybridized carbons (Fsp3) is 0.143. The lowest BCUT2D eigenvalue weighted by Gasteiger charge is -1.95. The molecule has 2 nitrogen and oxygen atoms in total. The van der Waals surface area contributed by atoms with Crippen molar-refractivity contribution in [1.29, 1.82) is 0 Å². The van der Waals surface area contributed by atoms with E-state index in [0.717, 1.165) is 0 Å². The van der Waals surface area contributed by atoms with E-state index in [-0.39, 0.29) is 4.90 Å². The van der Waals surface area contributed by atoms with Crippen molar-refractivity contribution in [2.75, 3.05) is 7.05 Å². The van der Waals surface area contributed by atoms with E-state index in [4.69, 9.17) is 0 Å². The molecule has 4 heteroatoms. The fourth-order valence-electron chi connectivity index (χ4n) is 0.694. The zero-order valence-electron chi connectivity index (χ0n) is 6.03. The molecule has 0 saturated carbocycles. The molecule has 0 radical (unpaired) electrons. The molecule has 1 rings (SSSR count). The van der Waals surface area contributed by atoms with Crippen molar-refractivity contribution in [3.63, 3.8) is 0 Å². The van der Waals surface area contributed by atoms with Gasteiger partial charge in [-0.3, -0.25) is 0 Å². The van der Waals surface area contributed by atoms with E-state index in [2.05, 4.69) is 4.36 Å². The standard InChI is InChI=1S/C7H8FNOS/c1-9-11(8,10)7-5-3-2-4-6-7/h2-6H,1H3. The Labute approximate surface area is 65.5 Å². The number of nitrogens with zero attached hydrogens (tertiary/aromatic N) is 1. The molecule has 0 amide bonds. The SMILES string of the molecule is CN=S(=O)(F)c1ccccc1. The van der Waals surface area contributed by atoms with Gasteiger partial charge in [0.15, 0.2) is 0 Å². The van der Waals surface area contributed by atoms with Gasteiger partial charge >= 0.3 is 0 Å². The predicted molar refractivity (Wildman–Crippen MR) is 42.3 cm³/mol. The minimum atomic E-state index is -3.62. The molecule has 1 atom stereocenters. The molecule has 11 heavy (non-hydrogen) atoms. The number of rotatable bonds is 1. The molecule has 0 bridgehead atoms. The average Bonchev–Trinajstić information content (AvgIpc) is 2.06. The molecule has 1 unspecified atom stereocenters. The molecule has 0 N–H and O–H groups in total. The Morgan fingerprint density at radius 3 is 2.36 bits per heavy atom. The summed E-state index contributed by atoms with van der Waals surface area (Å²) in [6, 6.07) is 7.89. The number of benzene rings is 1. The molecular formula is C7H8FNOS. The van der Waals surface area contributed by atoms with Crippen LogP contribution in [0.15, 0.2) is 39.6 Å². The van der Waals surface area contributed by atoms with E-state index in [1.54, 1.807) is 18.2 Å².